The molecule has 2 rings (SSSR count). The summed E-state index contributed by atoms with van der Waals surface area (Å²) in [5.74, 6) is -0.683. The number of hydrogen-bond acceptors (Lipinski definition) is 4. The zero-order valence-electron chi connectivity index (χ0n) is 10.1. The molecule has 2 N–H and O–H groups in total. The minimum atomic E-state index is -4.19. The SMILES string of the molecule is Cc1sc2ccc(Cl)cc2[n+]1C[C@H](O)CS(=O)(=O)O. The van der Waals surface area contributed by atoms with Crippen molar-refractivity contribution in [2.45, 2.75) is 19.6 Å². The maximum Gasteiger partial charge on any atom is 0.267 e. The number of aliphatic hydroxyl groups is 1. The molecule has 0 spiro atoms. The molecule has 0 fully saturated rings. The third-order valence-corrected chi connectivity index (χ3v) is 4.77. The Labute approximate surface area is 119 Å². The minimum Gasteiger partial charge on any atom is -0.385 e. The average molecular weight is 323 g/mol. The van der Waals surface area contributed by atoms with Crippen molar-refractivity contribution in [2.24, 2.45) is 0 Å². The number of fused-ring (bicyclic) bond motifs is 1. The molecule has 0 unspecified atom stereocenters. The van der Waals surface area contributed by atoms with Gasteiger partial charge in [-0.1, -0.05) is 22.9 Å². The molecule has 1 aromatic carbocycles. The normalized spacial score (nSPS) is 13.9. The molecule has 2 aromatic rings. The second kappa shape index (κ2) is 5.34. The minimum absolute atomic E-state index is 0.0893. The highest BCUT2D eigenvalue weighted by Crippen LogP contribution is 2.23. The van der Waals surface area contributed by atoms with Gasteiger partial charge in [-0.15, -0.1) is 0 Å². The number of thiazole rings is 1. The van der Waals surface area contributed by atoms with E-state index in [1.807, 2.05) is 13.0 Å². The fraction of sp³-hybridized carbons (Fsp3) is 0.364. The molecule has 19 heavy (non-hydrogen) atoms. The van der Waals surface area contributed by atoms with Crippen molar-refractivity contribution in [3.8, 4) is 0 Å². The van der Waals surface area contributed by atoms with Crippen LogP contribution in [-0.4, -0.2) is 29.9 Å². The lowest BCUT2D eigenvalue weighted by atomic mass is 10.3. The molecule has 1 atom stereocenters. The predicted octanol–water partition coefficient (Wildman–Crippen LogP) is 1.40. The van der Waals surface area contributed by atoms with Crippen LogP contribution in [0.2, 0.25) is 5.02 Å². The van der Waals surface area contributed by atoms with Crippen LogP contribution in [0.25, 0.3) is 10.2 Å². The molecule has 0 aliphatic rings. The first kappa shape index (κ1) is 14.7. The zero-order chi connectivity index (χ0) is 14.2. The second-order valence-electron chi connectivity index (χ2n) is 4.25. The van der Waals surface area contributed by atoms with Gasteiger partial charge >= 0.3 is 0 Å². The van der Waals surface area contributed by atoms with E-state index in [9.17, 15) is 13.5 Å². The second-order valence-corrected chi connectivity index (χ2v) is 7.41. The number of benzene rings is 1. The average Bonchev–Trinajstić information content (AvgIpc) is 2.53. The summed E-state index contributed by atoms with van der Waals surface area (Å²) >= 11 is 7.46. The van der Waals surface area contributed by atoms with E-state index in [-0.39, 0.29) is 6.54 Å². The Bertz CT molecular complexity index is 711. The van der Waals surface area contributed by atoms with Crippen LogP contribution in [0.5, 0.6) is 0 Å². The van der Waals surface area contributed by atoms with E-state index in [1.165, 1.54) is 11.3 Å². The summed E-state index contributed by atoms with van der Waals surface area (Å²) in [6.45, 7) is 1.96. The monoisotopic (exact) mass is 322 g/mol. The Hall–Kier alpha value is -0.730. The van der Waals surface area contributed by atoms with E-state index in [0.717, 1.165) is 15.2 Å². The van der Waals surface area contributed by atoms with Crippen LogP contribution in [-0.2, 0) is 16.7 Å². The number of aromatic nitrogens is 1. The molecule has 8 heteroatoms. The van der Waals surface area contributed by atoms with Gasteiger partial charge < -0.3 is 5.11 Å². The van der Waals surface area contributed by atoms with Crippen molar-refractivity contribution in [2.75, 3.05) is 5.75 Å². The fourth-order valence-corrected chi connectivity index (χ4v) is 3.67. The summed E-state index contributed by atoms with van der Waals surface area (Å²) in [5, 5.41) is 11.2. The third kappa shape index (κ3) is 3.64. The van der Waals surface area contributed by atoms with Crippen LogP contribution >= 0.6 is 22.9 Å². The van der Waals surface area contributed by atoms with E-state index in [1.54, 1.807) is 16.7 Å². The van der Waals surface area contributed by atoms with Gasteiger partial charge in [-0.3, -0.25) is 4.55 Å². The summed E-state index contributed by atoms with van der Waals surface area (Å²) in [7, 11) is -4.19. The molecule has 1 heterocycles. The number of aryl methyl sites for hydroxylation is 1. The van der Waals surface area contributed by atoms with Crippen LogP contribution in [0.15, 0.2) is 18.2 Å². The van der Waals surface area contributed by atoms with Crippen LogP contribution in [0.4, 0.5) is 0 Å². The van der Waals surface area contributed by atoms with Gasteiger partial charge in [0.2, 0.25) is 10.5 Å². The highest BCUT2D eigenvalue weighted by Gasteiger charge is 2.24. The van der Waals surface area contributed by atoms with Gasteiger partial charge in [-0.25, -0.2) is 0 Å². The lowest BCUT2D eigenvalue weighted by Crippen LogP contribution is -2.43. The topological polar surface area (TPSA) is 78.5 Å². The first-order valence-electron chi connectivity index (χ1n) is 5.48. The molecule has 0 radical (unpaired) electrons. The largest absolute Gasteiger partial charge is 0.385 e. The van der Waals surface area contributed by atoms with Crippen molar-refractivity contribution < 1.29 is 22.6 Å². The maximum absolute atomic E-state index is 10.7. The van der Waals surface area contributed by atoms with Gasteiger partial charge in [-0.05, 0) is 12.1 Å². The fourth-order valence-electron chi connectivity index (χ4n) is 1.91. The van der Waals surface area contributed by atoms with Gasteiger partial charge in [0.05, 0.1) is 0 Å². The van der Waals surface area contributed by atoms with E-state index >= 15 is 0 Å². The Kier molecular flexibility index (Phi) is 4.12. The molecule has 0 bridgehead atoms. The summed E-state index contributed by atoms with van der Waals surface area (Å²) in [4.78, 5) is 0. The summed E-state index contributed by atoms with van der Waals surface area (Å²) in [5.41, 5.74) is 0.837. The smallest absolute Gasteiger partial charge is 0.267 e. The summed E-state index contributed by atoms with van der Waals surface area (Å²) < 4.78 is 33.0. The van der Waals surface area contributed by atoms with Gasteiger partial charge in [0.15, 0.2) is 6.54 Å². The van der Waals surface area contributed by atoms with Crippen LogP contribution < -0.4 is 4.57 Å². The van der Waals surface area contributed by atoms with Gasteiger partial charge in [-0.2, -0.15) is 13.0 Å². The van der Waals surface area contributed by atoms with Crippen molar-refractivity contribution in [1.29, 1.82) is 0 Å². The highest BCUT2D eigenvalue weighted by molar-refractivity contribution is 7.85. The summed E-state index contributed by atoms with van der Waals surface area (Å²) in [6, 6.07) is 5.42. The first-order valence-corrected chi connectivity index (χ1v) is 8.28. The lowest BCUT2D eigenvalue weighted by Gasteiger charge is -2.05. The van der Waals surface area contributed by atoms with Crippen molar-refractivity contribution >= 4 is 43.3 Å². The molecule has 104 valence electrons. The standard InChI is InChI=1S/C11H12ClNO4S2/c1-7-13(5-9(14)6-19(15,16)17)10-4-8(12)2-3-11(10)18-7/h2-4,9,14H,5-6H2,1H3/p+1/t9-/m0/s1. The number of halogens is 1. The summed E-state index contributed by atoms with van der Waals surface area (Å²) in [6.07, 6.45) is -1.17. The van der Waals surface area contributed by atoms with Gasteiger partial charge in [0, 0.05) is 18.0 Å². The van der Waals surface area contributed by atoms with Crippen LogP contribution in [0.3, 0.4) is 0 Å². The van der Waals surface area contributed by atoms with Crippen molar-refractivity contribution in [3.63, 3.8) is 0 Å². The first-order chi connectivity index (χ1) is 8.76. The number of aliphatic hydroxyl groups excluding tert-OH is 1. The predicted molar refractivity (Wildman–Crippen MR) is 74.2 cm³/mol. The molecule has 0 amide bonds. The van der Waals surface area contributed by atoms with Gasteiger partial charge in [0.25, 0.3) is 10.1 Å². The molecule has 0 aliphatic carbocycles. The van der Waals surface area contributed by atoms with E-state index < -0.39 is 22.0 Å². The molecule has 0 saturated carbocycles. The highest BCUT2D eigenvalue weighted by atomic mass is 35.5. The van der Waals surface area contributed by atoms with Crippen molar-refractivity contribution in [3.05, 3.63) is 28.2 Å². The Morgan fingerprint density at radius 1 is 1.47 bits per heavy atom. The maximum atomic E-state index is 10.7. The quantitative estimate of drug-likeness (QED) is 0.659. The number of hydrogen-bond donors (Lipinski definition) is 2. The van der Waals surface area contributed by atoms with Crippen LogP contribution in [0.1, 0.15) is 5.01 Å². The Morgan fingerprint density at radius 2 is 2.16 bits per heavy atom. The molecule has 0 saturated heterocycles. The number of nitrogens with zero attached hydrogens (tertiary/aromatic N) is 1. The van der Waals surface area contributed by atoms with Crippen LogP contribution in [0, 0.1) is 6.92 Å². The molecule has 0 aliphatic heterocycles. The van der Waals surface area contributed by atoms with E-state index in [4.69, 9.17) is 16.2 Å². The molecular formula is C11H13ClNO4S2+. The molecular weight excluding hydrogens is 310 g/mol. The third-order valence-electron chi connectivity index (χ3n) is 2.65. The van der Waals surface area contributed by atoms with Gasteiger partial charge in [0.1, 0.15) is 16.6 Å². The molecule has 5 nitrogen and oxygen atoms in total. The lowest BCUT2D eigenvalue weighted by molar-refractivity contribution is -0.679. The number of rotatable bonds is 4. The zero-order valence-corrected chi connectivity index (χ0v) is 12.5. The molecule has 1 aromatic heterocycles. The Morgan fingerprint density at radius 3 is 2.79 bits per heavy atom. The van der Waals surface area contributed by atoms with Crippen molar-refractivity contribution in [1.82, 2.24) is 0 Å². The van der Waals surface area contributed by atoms with E-state index in [0.29, 0.717) is 5.02 Å². The van der Waals surface area contributed by atoms with E-state index in [2.05, 4.69) is 0 Å². The Balaban J connectivity index is 2.34.